The van der Waals surface area contributed by atoms with Gasteiger partial charge < -0.3 is 29.2 Å². The van der Waals surface area contributed by atoms with Gasteiger partial charge in [0.25, 0.3) is 0 Å². The van der Waals surface area contributed by atoms with Crippen LogP contribution in [-0.4, -0.2) is 77.9 Å². The summed E-state index contributed by atoms with van der Waals surface area (Å²) in [5, 5.41) is 19.5. The Morgan fingerprint density at radius 2 is 1.78 bits per heavy atom. The lowest BCUT2D eigenvalue weighted by atomic mass is 9.81. The zero-order chi connectivity index (χ0) is 17.0. The number of carboxylic acid groups (broad SMARTS) is 1. The van der Waals surface area contributed by atoms with Gasteiger partial charge in [-0.3, -0.25) is 4.90 Å². The van der Waals surface area contributed by atoms with Crippen molar-refractivity contribution >= 4 is 6.09 Å². The molecule has 0 aromatic carbocycles. The monoisotopic (exact) mass is 331 g/mol. The van der Waals surface area contributed by atoms with Crippen LogP contribution in [0.4, 0.5) is 4.79 Å². The van der Waals surface area contributed by atoms with Crippen molar-refractivity contribution < 1.29 is 34.0 Å². The number of carbonyl (C=O) groups is 1. The van der Waals surface area contributed by atoms with Crippen LogP contribution in [-0.2, 0) is 18.9 Å². The van der Waals surface area contributed by atoms with E-state index < -0.39 is 35.4 Å². The van der Waals surface area contributed by atoms with Crippen LogP contribution in [0.25, 0.3) is 0 Å². The molecule has 1 saturated carbocycles. The standard InChI is InChI=1S/C15H25NO7/c1-13(20-3)14(2,21-4)23-11-9(8-17)15(5-6-15)16(12(18)19)7-10(11)22-13/h9-11,17H,5-8H2,1-4H3,(H,18,19). The second-order valence-electron chi connectivity index (χ2n) is 6.82. The van der Waals surface area contributed by atoms with Gasteiger partial charge in [0, 0.05) is 20.1 Å². The SMILES string of the molecule is COC1(C)OC2CN(C(=O)O)C3(CC3)C(CO)C2OC1(C)OC. The van der Waals surface area contributed by atoms with Crippen molar-refractivity contribution in [1.29, 1.82) is 0 Å². The number of hydrogen-bond acceptors (Lipinski definition) is 6. The number of rotatable bonds is 3. The largest absolute Gasteiger partial charge is 0.465 e. The summed E-state index contributed by atoms with van der Waals surface area (Å²) < 4.78 is 23.2. The number of aliphatic hydroxyl groups excluding tert-OH is 1. The van der Waals surface area contributed by atoms with Gasteiger partial charge in [-0.2, -0.15) is 0 Å². The van der Waals surface area contributed by atoms with Gasteiger partial charge in [-0.25, -0.2) is 4.79 Å². The second kappa shape index (κ2) is 5.29. The van der Waals surface area contributed by atoms with Gasteiger partial charge in [0.1, 0.15) is 6.10 Å². The van der Waals surface area contributed by atoms with E-state index in [1.54, 1.807) is 13.8 Å². The first-order chi connectivity index (χ1) is 10.8. The van der Waals surface area contributed by atoms with Gasteiger partial charge in [0.05, 0.1) is 24.8 Å². The number of amides is 1. The second-order valence-corrected chi connectivity index (χ2v) is 6.82. The maximum atomic E-state index is 11.7. The lowest BCUT2D eigenvalue weighted by Crippen LogP contribution is -2.73. The van der Waals surface area contributed by atoms with Crippen LogP contribution in [0.15, 0.2) is 0 Å². The lowest BCUT2D eigenvalue weighted by molar-refractivity contribution is -0.459. The molecule has 2 N–H and O–H groups in total. The molecule has 1 spiro atoms. The van der Waals surface area contributed by atoms with Crippen molar-refractivity contribution in [2.75, 3.05) is 27.4 Å². The topological polar surface area (TPSA) is 97.7 Å². The number of hydrogen-bond donors (Lipinski definition) is 2. The normalized spacial score (nSPS) is 44.9. The van der Waals surface area contributed by atoms with E-state index in [1.165, 1.54) is 19.1 Å². The molecule has 132 valence electrons. The van der Waals surface area contributed by atoms with Crippen molar-refractivity contribution in [2.45, 2.75) is 56.0 Å². The Kier molecular flexibility index (Phi) is 3.89. The summed E-state index contributed by atoms with van der Waals surface area (Å²) in [5.74, 6) is -2.69. The van der Waals surface area contributed by atoms with Crippen LogP contribution >= 0.6 is 0 Å². The van der Waals surface area contributed by atoms with Crippen LogP contribution in [0.5, 0.6) is 0 Å². The summed E-state index contributed by atoms with van der Waals surface area (Å²) in [6.45, 7) is 3.45. The van der Waals surface area contributed by atoms with Gasteiger partial charge in [-0.1, -0.05) is 0 Å². The maximum Gasteiger partial charge on any atom is 0.407 e. The molecule has 2 saturated heterocycles. The zero-order valence-corrected chi connectivity index (χ0v) is 13.9. The third-order valence-electron chi connectivity index (χ3n) is 5.88. The highest BCUT2D eigenvalue weighted by atomic mass is 16.8. The van der Waals surface area contributed by atoms with Gasteiger partial charge in [-0.15, -0.1) is 0 Å². The minimum absolute atomic E-state index is 0.169. The molecule has 23 heavy (non-hydrogen) atoms. The first-order valence-electron chi connectivity index (χ1n) is 7.84. The van der Waals surface area contributed by atoms with Crippen LogP contribution in [0, 0.1) is 5.92 Å². The van der Waals surface area contributed by atoms with Crippen molar-refractivity contribution in [2.24, 2.45) is 5.92 Å². The molecule has 3 aliphatic rings. The van der Waals surface area contributed by atoms with E-state index in [1.807, 2.05) is 0 Å². The molecule has 0 aromatic heterocycles. The van der Waals surface area contributed by atoms with Crippen molar-refractivity contribution in [3.8, 4) is 0 Å². The highest BCUT2D eigenvalue weighted by molar-refractivity contribution is 5.67. The highest BCUT2D eigenvalue weighted by Gasteiger charge is 2.68. The van der Waals surface area contributed by atoms with E-state index >= 15 is 0 Å². The smallest absolute Gasteiger partial charge is 0.407 e. The molecule has 2 heterocycles. The minimum Gasteiger partial charge on any atom is -0.465 e. The number of methoxy groups -OCH3 is 2. The van der Waals surface area contributed by atoms with E-state index in [2.05, 4.69) is 0 Å². The molecule has 0 aromatic rings. The Morgan fingerprint density at radius 1 is 1.22 bits per heavy atom. The molecule has 0 bridgehead atoms. The van der Waals surface area contributed by atoms with E-state index in [0.29, 0.717) is 0 Å². The number of likely N-dealkylation sites (tertiary alicyclic amines) is 1. The Labute approximate surface area is 135 Å². The first kappa shape index (κ1) is 16.9. The lowest BCUT2D eigenvalue weighted by Gasteiger charge is -2.58. The fourth-order valence-corrected chi connectivity index (χ4v) is 4.03. The third kappa shape index (κ3) is 2.20. The minimum atomic E-state index is -1.18. The summed E-state index contributed by atoms with van der Waals surface area (Å²) in [7, 11) is 3.00. The molecule has 3 fully saturated rings. The average molecular weight is 331 g/mol. The number of fused-ring (bicyclic) bond motifs is 1. The highest BCUT2D eigenvalue weighted by Crippen LogP contribution is 2.55. The van der Waals surface area contributed by atoms with Gasteiger partial charge in [0.2, 0.25) is 11.6 Å². The Bertz CT molecular complexity index is 496. The summed E-state index contributed by atoms with van der Waals surface area (Å²) in [5.41, 5.74) is -0.555. The molecule has 5 atom stereocenters. The molecule has 1 amide bonds. The summed E-state index contributed by atoms with van der Waals surface area (Å²) >= 11 is 0. The van der Waals surface area contributed by atoms with Crippen LogP contribution in [0.1, 0.15) is 26.7 Å². The fraction of sp³-hybridized carbons (Fsp3) is 0.933. The van der Waals surface area contributed by atoms with Crippen LogP contribution < -0.4 is 0 Å². The summed E-state index contributed by atoms with van der Waals surface area (Å²) in [6.07, 6.45) is -0.527. The molecule has 1 aliphatic carbocycles. The summed E-state index contributed by atoms with van der Waals surface area (Å²) in [6, 6.07) is 0. The van der Waals surface area contributed by atoms with Crippen LogP contribution in [0.3, 0.4) is 0 Å². The molecule has 8 nitrogen and oxygen atoms in total. The molecule has 3 rings (SSSR count). The Morgan fingerprint density at radius 3 is 2.22 bits per heavy atom. The van der Waals surface area contributed by atoms with Crippen molar-refractivity contribution in [1.82, 2.24) is 4.90 Å². The van der Waals surface area contributed by atoms with E-state index in [4.69, 9.17) is 18.9 Å². The van der Waals surface area contributed by atoms with E-state index in [-0.39, 0.29) is 19.1 Å². The molecule has 0 radical (unpaired) electrons. The maximum absolute atomic E-state index is 11.7. The Balaban J connectivity index is 1.96. The van der Waals surface area contributed by atoms with Crippen molar-refractivity contribution in [3.63, 3.8) is 0 Å². The summed E-state index contributed by atoms with van der Waals surface area (Å²) in [4.78, 5) is 13.0. The molecule has 5 unspecified atom stereocenters. The van der Waals surface area contributed by atoms with E-state index in [0.717, 1.165) is 12.8 Å². The average Bonchev–Trinajstić information content (AvgIpc) is 3.29. The van der Waals surface area contributed by atoms with Crippen molar-refractivity contribution in [3.05, 3.63) is 0 Å². The van der Waals surface area contributed by atoms with Gasteiger partial charge >= 0.3 is 6.09 Å². The number of ether oxygens (including phenoxy) is 4. The number of aliphatic hydroxyl groups is 1. The molecule has 2 aliphatic heterocycles. The zero-order valence-electron chi connectivity index (χ0n) is 13.9. The number of piperidine rings is 1. The fourth-order valence-electron chi connectivity index (χ4n) is 4.03. The third-order valence-corrected chi connectivity index (χ3v) is 5.88. The predicted molar refractivity (Wildman–Crippen MR) is 77.8 cm³/mol. The molecule has 8 heteroatoms. The first-order valence-corrected chi connectivity index (χ1v) is 7.84. The van der Waals surface area contributed by atoms with Gasteiger partial charge in [-0.05, 0) is 26.7 Å². The predicted octanol–water partition coefficient (Wildman–Crippen LogP) is 0.630. The van der Waals surface area contributed by atoms with Gasteiger partial charge in [0.15, 0.2) is 0 Å². The van der Waals surface area contributed by atoms with Crippen LogP contribution in [0.2, 0.25) is 0 Å². The molecular formula is C15H25NO7. The Hall–Kier alpha value is -0.930. The molecular weight excluding hydrogens is 306 g/mol. The quantitative estimate of drug-likeness (QED) is 0.783. The van der Waals surface area contributed by atoms with E-state index in [9.17, 15) is 15.0 Å². The number of nitrogens with zero attached hydrogens (tertiary/aromatic N) is 1.